The molecule has 128 valence electrons. The quantitative estimate of drug-likeness (QED) is 0.773. The van der Waals surface area contributed by atoms with Crippen molar-refractivity contribution in [3.05, 3.63) is 76.6 Å². The molecule has 4 nitrogen and oxygen atoms in total. The summed E-state index contributed by atoms with van der Waals surface area (Å²) in [5.41, 5.74) is 1.48. The van der Waals surface area contributed by atoms with Crippen molar-refractivity contribution >= 4 is 29.7 Å². The molecule has 1 fully saturated rings. The molecule has 1 saturated heterocycles. The van der Waals surface area contributed by atoms with Crippen molar-refractivity contribution in [3.63, 3.8) is 0 Å². The lowest BCUT2D eigenvalue weighted by atomic mass is 10.1. The van der Waals surface area contributed by atoms with E-state index in [1.165, 1.54) is 24.3 Å². The van der Waals surface area contributed by atoms with E-state index in [1.54, 1.807) is 6.07 Å². The van der Waals surface area contributed by atoms with Crippen LogP contribution in [0.5, 0.6) is 0 Å². The fourth-order valence-electron chi connectivity index (χ4n) is 2.63. The average Bonchev–Trinajstić information content (AvgIpc) is 2.97. The van der Waals surface area contributed by atoms with Crippen molar-refractivity contribution in [1.82, 2.24) is 4.90 Å². The Morgan fingerprint density at radius 1 is 1.28 bits per heavy atom. The van der Waals surface area contributed by atoms with Gasteiger partial charge in [0.1, 0.15) is 12.4 Å². The Bertz CT molecular complexity index is 823. The van der Waals surface area contributed by atoms with E-state index >= 15 is 0 Å². The van der Waals surface area contributed by atoms with Crippen molar-refractivity contribution in [2.45, 2.75) is 12.5 Å². The Morgan fingerprint density at radius 3 is 2.76 bits per heavy atom. The van der Waals surface area contributed by atoms with Crippen molar-refractivity contribution in [1.29, 1.82) is 0 Å². The predicted octanol–water partition coefficient (Wildman–Crippen LogP) is 4.08. The summed E-state index contributed by atoms with van der Waals surface area (Å²) in [5.74, 6) is -1.07. The highest BCUT2D eigenvalue weighted by atomic mass is 35.5. The van der Waals surface area contributed by atoms with Crippen molar-refractivity contribution in [3.8, 4) is 0 Å². The molecule has 0 aromatic heterocycles. The Morgan fingerprint density at radius 2 is 2.04 bits per heavy atom. The average molecular weight is 360 g/mol. The van der Waals surface area contributed by atoms with Crippen LogP contribution in [0.1, 0.15) is 11.1 Å². The van der Waals surface area contributed by atoms with E-state index in [0.717, 1.165) is 10.5 Å². The van der Waals surface area contributed by atoms with Gasteiger partial charge in [-0.15, -0.1) is 0 Å². The van der Waals surface area contributed by atoms with Gasteiger partial charge in [-0.2, -0.15) is 0 Å². The van der Waals surface area contributed by atoms with Crippen LogP contribution in [0.25, 0.3) is 6.08 Å². The number of nitrogens with zero attached hydrogens (tertiary/aromatic N) is 1. The van der Waals surface area contributed by atoms with Gasteiger partial charge >= 0.3 is 6.09 Å². The Balaban J connectivity index is 1.73. The van der Waals surface area contributed by atoms with E-state index < -0.39 is 17.8 Å². The molecule has 2 aromatic carbocycles. The lowest BCUT2D eigenvalue weighted by Gasteiger charge is -2.18. The lowest BCUT2D eigenvalue weighted by molar-refractivity contribution is -0.124. The largest absolute Gasteiger partial charge is 0.447 e. The third kappa shape index (κ3) is 4.06. The molecule has 0 aliphatic carbocycles. The summed E-state index contributed by atoms with van der Waals surface area (Å²) in [4.78, 5) is 25.4. The zero-order chi connectivity index (χ0) is 17.8. The highest BCUT2D eigenvalue weighted by molar-refractivity contribution is 6.30. The van der Waals surface area contributed by atoms with E-state index in [0.29, 0.717) is 12.0 Å². The van der Waals surface area contributed by atoms with Gasteiger partial charge in [-0.25, -0.2) is 14.1 Å². The van der Waals surface area contributed by atoms with Crippen LogP contribution in [-0.2, 0) is 16.0 Å². The van der Waals surface area contributed by atoms with Gasteiger partial charge in [0.05, 0.1) is 11.1 Å². The molecule has 2 aromatic rings. The summed E-state index contributed by atoms with van der Waals surface area (Å²) in [6, 6.07) is 13.4. The minimum absolute atomic E-state index is 0.00882. The smallest absolute Gasteiger partial charge is 0.417 e. The van der Waals surface area contributed by atoms with Crippen LogP contribution in [0.3, 0.4) is 0 Å². The van der Waals surface area contributed by atoms with Crippen LogP contribution < -0.4 is 0 Å². The first kappa shape index (κ1) is 17.2. The minimum Gasteiger partial charge on any atom is -0.447 e. The molecule has 0 saturated carbocycles. The fourth-order valence-corrected chi connectivity index (χ4v) is 2.75. The molecular weight excluding hydrogens is 345 g/mol. The normalized spacial score (nSPS) is 17.1. The first-order valence-electron chi connectivity index (χ1n) is 7.71. The number of ether oxygens (including phenoxy) is 1. The van der Waals surface area contributed by atoms with Gasteiger partial charge in [-0.05, 0) is 35.8 Å². The van der Waals surface area contributed by atoms with Gasteiger partial charge in [0.25, 0.3) is 5.91 Å². The number of cyclic esters (lactones) is 1. The summed E-state index contributed by atoms with van der Waals surface area (Å²) in [5, 5.41) is 0.00882. The van der Waals surface area contributed by atoms with Gasteiger partial charge in [-0.3, -0.25) is 4.79 Å². The number of halogens is 2. The van der Waals surface area contributed by atoms with Crippen LogP contribution in [-0.4, -0.2) is 29.5 Å². The zero-order valence-corrected chi connectivity index (χ0v) is 13.9. The maximum absolute atomic E-state index is 13.4. The van der Waals surface area contributed by atoms with E-state index in [4.69, 9.17) is 16.3 Å². The van der Waals surface area contributed by atoms with E-state index in [1.807, 2.05) is 30.3 Å². The third-order valence-electron chi connectivity index (χ3n) is 3.87. The molecule has 25 heavy (non-hydrogen) atoms. The van der Waals surface area contributed by atoms with Crippen LogP contribution in [0.2, 0.25) is 5.02 Å². The monoisotopic (exact) mass is 359 g/mol. The van der Waals surface area contributed by atoms with Gasteiger partial charge in [0.2, 0.25) is 0 Å². The summed E-state index contributed by atoms with van der Waals surface area (Å²) in [6.45, 7) is 0.156. The number of hydrogen-bond acceptors (Lipinski definition) is 3. The minimum atomic E-state index is -0.669. The third-order valence-corrected chi connectivity index (χ3v) is 4.18. The highest BCUT2D eigenvalue weighted by Gasteiger charge is 2.36. The van der Waals surface area contributed by atoms with Crippen LogP contribution in [0.4, 0.5) is 9.18 Å². The lowest BCUT2D eigenvalue weighted by Crippen LogP contribution is -2.39. The van der Waals surface area contributed by atoms with Crippen LogP contribution >= 0.6 is 11.6 Å². The van der Waals surface area contributed by atoms with E-state index in [-0.39, 0.29) is 17.7 Å². The number of rotatable bonds is 4. The second-order valence-corrected chi connectivity index (χ2v) is 6.04. The summed E-state index contributed by atoms with van der Waals surface area (Å²) in [6.07, 6.45) is 2.51. The standard InChI is InChI=1S/C19H15ClFNO3/c20-16-8-6-14(11-17(16)21)7-9-18(23)22-15(12-25-19(22)24)10-13-4-2-1-3-5-13/h1-9,11,15H,10,12H2/t15-/m1/s1. The molecule has 0 bridgehead atoms. The van der Waals surface area contributed by atoms with Gasteiger partial charge in [0, 0.05) is 6.08 Å². The molecule has 3 rings (SSSR count). The maximum atomic E-state index is 13.4. The van der Waals surface area contributed by atoms with E-state index in [9.17, 15) is 14.0 Å². The van der Waals surface area contributed by atoms with Gasteiger partial charge < -0.3 is 4.74 Å². The van der Waals surface area contributed by atoms with Crippen molar-refractivity contribution < 1.29 is 18.7 Å². The summed E-state index contributed by atoms with van der Waals surface area (Å²) >= 11 is 5.63. The number of imide groups is 1. The van der Waals surface area contributed by atoms with Crippen molar-refractivity contribution in [2.75, 3.05) is 6.61 Å². The topological polar surface area (TPSA) is 46.6 Å². The maximum Gasteiger partial charge on any atom is 0.417 e. The SMILES string of the molecule is O=C(C=Cc1ccc(Cl)c(F)c1)N1C(=O)OC[C@H]1Cc1ccccc1. The first-order chi connectivity index (χ1) is 12.0. The summed E-state index contributed by atoms with van der Waals surface area (Å²) in [7, 11) is 0. The number of hydrogen-bond donors (Lipinski definition) is 0. The molecule has 1 atom stereocenters. The number of carbonyl (C=O) groups excluding carboxylic acids is 2. The number of amides is 2. The van der Waals surface area contributed by atoms with Gasteiger partial charge in [0.15, 0.2) is 0 Å². The van der Waals surface area contributed by atoms with Gasteiger partial charge in [-0.1, -0.05) is 48.0 Å². The Labute approximate surface area is 149 Å². The Kier molecular flexibility index (Phi) is 5.14. The molecule has 1 heterocycles. The number of benzene rings is 2. The first-order valence-corrected chi connectivity index (χ1v) is 8.09. The molecule has 0 N–H and O–H groups in total. The highest BCUT2D eigenvalue weighted by Crippen LogP contribution is 2.19. The zero-order valence-electron chi connectivity index (χ0n) is 13.2. The molecule has 2 amide bonds. The molecule has 0 radical (unpaired) electrons. The summed E-state index contributed by atoms with van der Waals surface area (Å²) < 4.78 is 18.4. The van der Waals surface area contributed by atoms with Crippen molar-refractivity contribution in [2.24, 2.45) is 0 Å². The van der Waals surface area contributed by atoms with Crippen LogP contribution in [0, 0.1) is 5.82 Å². The Hall–Kier alpha value is -2.66. The second-order valence-electron chi connectivity index (χ2n) is 5.64. The van der Waals surface area contributed by atoms with Crippen LogP contribution in [0.15, 0.2) is 54.6 Å². The molecule has 1 aliphatic rings. The molecule has 1 aliphatic heterocycles. The molecule has 0 unspecified atom stereocenters. The molecular formula is C19H15ClFNO3. The fraction of sp³-hybridized carbons (Fsp3) is 0.158. The second kappa shape index (κ2) is 7.49. The molecule has 0 spiro atoms. The van der Waals surface area contributed by atoms with E-state index in [2.05, 4.69) is 0 Å². The molecule has 6 heteroatoms. The predicted molar refractivity (Wildman–Crippen MR) is 92.6 cm³/mol. The number of carbonyl (C=O) groups is 2.